The molecule has 1 nitrogen and oxygen atoms in total. The Morgan fingerprint density at radius 1 is 1.12 bits per heavy atom. The van der Waals surface area contributed by atoms with Crippen molar-refractivity contribution in [1.82, 2.24) is 0 Å². The lowest BCUT2D eigenvalue weighted by molar-refractivity contribution is 0.559. The van der Waals surface area contributed by atoms with Crippen LogP contribution in [0.1, 0.15) is 32.6 Å². The SMILES string of the molecule is CCCCCC[Si](C)(I)Oc1ccccc1. The molecule has 16 heavy (non-hydrogen) atoms. The first-order chi connectivity index (χ1) is 7.64. The number of halogens is 1. The van der Waals surface area contributed by atoms with Gasteiger partial charge in [0.15, 0.2) is 0 Å². The molecule has 0 aromatic heterocycles. The van der Waals surface area contributed by atoms with Crippen molar-refractivity contribution in [2.45, 2.75) is 45.2 Å². The van der Waals surface area contributed by atoms with E-state index < -0.39 is 5.81 Å². The molecule has 0 saturated carbocycles. The van der Waals surface area contributed by atoms with Gasteiger partial charge in [0, 0.05) is 0 Å². The average molecular weight is 348 g/mol. The molecule has 1 aromatic carbocycles. The maximum Gasteiger partial charge on any atom is 0.313 e. The van der Waals surface area contributed by atoms with Crippen molar-refractivity contribution in [2.24, 2.45) is 0 Å². The van der Waals surface area contributed by atoms with Gasteiger partial charge in [-0.3, -0.25) is 0 Å². The molecule has 0 aliphatic carbocycles. The van der Waals surface area contributed by atoms with E-state index in [1.54, 1.807) is 0 Å². The minimum Gasteiger partial charge on any atom is -0.534 e. The van der Waals surface area contributed by atoms with Crippen molar-refractivity contribution in [3.8, 4) is 5.75 Å². The number of hydrogen-bond donors (Lipinski definition) is 0. The van der Waals surface area contributed by atoms with Gasteiger partial charge in [-0.2, -0.15) is 0 Å². The third-order valence-electron chi connectivity index (χ3n) is 2.55. The average Bonchev–Trinajstić information content (AvgIpc) is 2.25. The van der Waals surface area contributed by atoms with Gasteiger partial charge < -0.3 is 4.43 Å². The largest absolute Gasteiger partial charge is 0.534 e. The van der Waals surface area contributed by atoms with Crippen LogP contribution in [0.25, 0.3) is 0 Å². The normalized spacial score (nSPS) is 14.4. The Morgan fingerprint density at radius 2 is 1.81 bits per heavy atom. The number of para-hydroxylation sites is 1. The van der Waals surface area contributed by atoms with Crippen LogP contribution >= 0.6 is 21.8 Å². The molecule has 1 atom stereocenters. The van der Waals surface area contributed by atoms with Crippen LogP contribution in [0.5, 0.6) is 5.75 Å². The van der Waals surface area contributed by atoms with Crippen LogP contribution in [0.15, 0.2) is 30.3 Å². The predicted molar refractivity (Wildman–Crippen MR) is 81.7 cm³/mol. The minimum absolute atomic E-state index is 1.03. The summed E-state index contributed by atoms with van der Waals surface area (Å²) in [4.78, 5) is 0. The summed E-state index contributed by atoms with van der Waals surface area (Å²) in [5.74, 6) is -0.495. The Kier molecular flexibility index (Phi) is 6.42. The first-order valence-electron chi connectivity index (χ1n) is 6.07. The highest BCUT2D eigenvalue weighted by molar-refractivity contribution is 14.1. The van der Waals surface area contributed by atoms with Gasteiger partial charge in [0.2, 0.25) is 0 Å². The van der Waals surface area contributed by atoms with E-state index in [-0.39, 0.29) is 0 Å². The second kappa shape index (κ2) is 7.32. The van der Waals surface area contributed by atoms with Crippen LogP contribution < -0.4 is 4.43 Å². The van der Waals surface area contributed by atoms with E-state index in [0.717, 1.165) is 5.75 Å². The Bertz CT molecular complexity index is 287. The molecular formula is C13H21IOSi. The summed E-state index contributed by atoms with van der Waals surface area (Å²) < 4.78 is 6.11. The molecule has 0 aliphatic rings. The van der Waals surface area contributed by atoms with Crippen molar-refractivity contribution in [3.05, 3.63) is 30.3 Å². The standard InChI is InChI=1S/C13H21IOSi/c1-3-4-5-9-12-16(2,14)15-13-10-7-6-8-11-13/h6-8,10-11H,3-5,9,12H2,1-2H3. The number of rotatable bonds is 7. The second-order valence-electron chi connectivity index (χ2n) is 4.33. The van der Waals surface area contributed by atoms with Gasteiger partial charge in [-0.1, -0.05) is 72.6 Å². The summed E-state index contributed by atoms with van der Waals surface area (Å²) in [6, 6.07) is 11.5. The first-order valence-corrected chi connectivity index (χ1v) is 11.8. The summed E-state index contributed by atoms with van der Waals surface area (Å²) in [5, 5.41) is 0. The molecule has 3 heteroatoms. The van der Waals surface area contributed by atoms with E-state index >= 15 is 0 Å². The fraction of sp³-hybridized carbons (Fsp3) is 0.538. The molecule has 0 fully saturated rings. The van der Waals surface area contributed by atoms with Crippen LogP contribution in [0.2, 0.25) is 12.6 Å². The lowest BCUT2D eigenvalue weighted by Gasteiger charge is -2.22. The fourth-order valence-corrected chi connectivity index (χ4v) is 5.17. The predicted octanol–water partition coefficient (Wildman–Crippen LogP) is 5.15. The number of unbranched alkanes of at least 4 members (excludes halogenated alkanes) is 3. The number of benzene rings is 1. The fourth-order valence-electron chi connectivity index (χ4n) is 1.65. The third-order valence-corrected chi connectivity index (χ3v) is 6.74. The molecule has 0 bridgehead atoms. The van der Waals surface area contributed by atoms with Crippen molar-refractivity contribution < 1.29 is 4.43 Å². The van der Waals surface area contributed by atoms with Crippen LogP contribution in [0.4, 0.5) is 0 Å². The van der Waals surface area contributed by atoms with Crippen LogP contribution in [0.3, 0.4) is 0 Å². The van der Waals surface area contributed by atoms with E-state index in [0.29, 0.717) is 0 Å². The number of hydrogen-bond acceptors (Lipinski definition) is 1. The van der Waals surface area contributed by atoms with E-state index in [2.05, 4.69) is 47.4 Å². The molecule has 0 radical (unpaired) electrons. The highest BCUT2D eigenvalue weighted by Gasteiger charge is 2.26. The smallest absolute Gasteiger partial charge is 0.313 e. The Morgan fingerprint density at radius 3 is 2.44 bits per heavy atom. The quantitative estimate of drug-likeness (QED) is 0.286. The molecule has 1 unspecified atom stereocenters. The molecule has 0 heterocycles. The molecule has 0 N–H and O–H groups in total. The van der Waals surface area contributed by atoms with Gasteiger partial charge in [-0.15, -0.1) is 0 Å². The van der Waals surface area contributed by atoms with Crippen LogP contribution in [0, 0.1) is 0 Å². The highest BCUT2D eigenvalue weighted by atomic mass is 127. The molecular weight excluding hydrogens is 327 g/mol. The van der Waals surface area contributed by atoms with Crippen molar-refractivity contribution in [2.75, 3.05) is 0 Å². The van der Waals surface area contributed by atoms with Gasteiger partial charge in [0.25, 0.3) is 0 Å². The van der Waals surface area contributed by atoms with E-state index in [1.165, 1.54) is 31.7 Å². The van der Waals surface area contributed by atoms with Gasteiger partial charge in [-0.05, 0) is 24.7 Å². The van der Waals surface area contributed by atoms with E-state index in [4.69, 9.17) is 4.43 Å². The van der Waals surface area contributed by atoms with Gasteiger partial charge in [0.05, 0.1) is 0 Å². The summed E-state index contributed by atoms with van der Waals surface area (Å²) in [7, 11) is 0. The molecule has 1 aromatic rings. The van der Waals surface area contributed by atoms with Crippen LogP contribution in [-0.2, 0) is 0 Å². The first kappa shape index (κ1) is 14.0. The minimum atomic E-state index is -1.52. The van der Waals surface area contributed by atoms with Gasteiger partial charge >= 0.3 is 5.81 Å². The molecule has 0 amide bonds. The second-order valence-corrected chi connectivity index (χ2v) is 14.1. The molecule has 0 saturated heterocycles. The van der Waals surface area contributed by atoms with Gasteiger partial charge in [-0.25, -0.2) is 0 Å². The molecule has 1 rings (SSSR count). The van der Waals surface area contributed by atoms with Crippen LogP contribution in [-0.4, -0.2) is 5.81 Å². The monoisotopic (exact) mass is 348 g/mol. The summed E-state index contributed by atoms with van der Waals surface area (Å²) in [6.45, 7) is 4.55. The molecule has 0 aliphatic heterocycles. The lowest BCUT2D eigenvalue weighted by atomic mass is 10.2. The summed E-state index contributed by atoms with van der Waals surface area (Å²) in [6.07, 6.45) is 5.32. The molecule has 90 valence electrons. The lowest BCUT2D eigenvalue weighted by Crippen LogP contribution is -2.30. The Labute approximate surface area is 113 Å². The van der Waals surface area contributed by atoms with Crippen molar-refractivity contribution >= 4 is 27.6 Å². The van der Waals surface area contributed by atoms with E-state index in [9.17, 15) is 0 Å². The Hall–Kier alpha value is -0.0331. The highest BCUT2D eigenvalue weighted by Crippen LogP contribution is 2.26. The topological polar surface area (TPSA) is 9.23 Å². The molecule has 0 spiro atoms. The zero-order valence-corrected chi connectivity index (χ0v) is 13.4. The van der Waals surface area contributed by atoms with E-state index in [1.807, 2.05) is 18.2 Å². The van der Waals surface area contributed by atoms with Gasteiger partial charge in [0.1, 0.15) is 5.75 Å². The summed E-state index contributed by atoms with van der Waals surface area (Å²) >= 11 is 2.55. The maximum absolute atomic E-state index is 6.11. The van der Waals surface area contributed by atoms with Crippen molar-refractivity contribution in [3.63, 3.8) is 0 Å². The van der Waals surface area contributed by atoms with Crippen molar-refractivity contribution in [1.29, 1.82) is 0 Å². The third kappa shape index (κ3) is 5.89. The summed E-state index contributed by atoms with van der Waals surface area (Å²) in [5.41, 5.74) is 0. The maximum atomic E-state index is 6.11. The Balaban J connectivity index is 2.33. The zero-order chi connectivity index (χ0) is 11.9. The zero-order valence-electron chi connectivity index (χ0n) is 10.2.